The first-order chi connectivity index (χ1) is 5.35. The Bertz CT molecular complexity index is 211. The molecule has 0 atom stereocenters. The van der Waals surface area contributed by atoms with Crippen molar-refractivity contribution in [3.05, 3.63) is 24.5 Å². The highest BCUT2D eigenvalue weighted by Gasteiger charge is 2.16. The van der Waals surface area contributed by atoms with Gasteiger partial charge in [-0.25, -0.2) is 0 Å². The molecule has 2 nitrogen and oxygen atoms in total. The Morgan fingerprint density at radius 3 is 2.17 bits per heavy atom. The van der Waals surface area contributed by atoms with Gasteiger partial charge in [0.15, 0.2) is 5.78 Å². The molecule has 0 aliphatic carbocycles. The lowest BCUT2D eigenvalue weighted by atomic mass is 10.3. The number of hydrogen-bond acceptors (Lipinski definition) is 2. The second-order valence-corrected chi connectivity index (χ2v) is 8.00. The highest BCUT2D eigenvalue weighted by atomic mass is 28.4. The first-order valence-corrected chi connectivity index (χ1v) is 7.29. The summed E-state index contributed by atoms with van der Waals surface area (Å²) in [5.74, 6) is 0.574. The lowest BCUT2D eigenvalue weighted by Gasteiger charge is -2.19. The van der Waals surface area contributed by atoms with Gasteiger partial charge in [0, 0.05) is 6.08 Å². The van der Waals surface area contributed by atoms with Crippen molar-refractivity contribution in [3.8, 4) is 0 Å². The lowest BCUT2D eigenvalue weighted by molar-refractivity contribution is -0.112. The van der Waals surface area contributed by atoms with E-state index >= 15 is 0 Å². The fraction of sp³-hybridized carbons (Fsp3) is 0.444. The minimum Gasteiger partial charge on any atom is -0.544 e. The Morgan fingerprint density at radius 2 is 1.92 bits per heavy atom. The summed E-state index contributed by atoms with van der Waals surface area (Å²) in [6.07, 6.45) is 3.03. The molecule has 12 heavy (non-hydrogen) atoms. The molecule has 68 valence electrons. The van der Waals surface area contributed by atoms with E-state index in [-0.39, 0.29) is 5.78 Å². The molecule has 0 bridgehead atoms. The van der Waals surface area contributed by atoms with Gasteiger partial charge in [0.25, 0.3) is 0 Å². The molecule has 0 N–H and O–H groups in total. The minimum absolute atomic E-state index is 0.0110. The average Bonchev–Trinajstić information content (AvgIpc) is 1.82. The van der Waals surface area contributed by atoms with E-state index in [1.54, 1.807) is 6.08 Å². The van der Waals surface area contributed by atoms with Crippen molar-refractivity contribution in [2.75, 3.05) is 0 Å². The van der Waals surface area contributed by atoms with E-state index in [1.165, 1.54) is 13.0 Å². The van der Waals surface area contributed by atoms with Crippen LogP contribution in [0, 0.1) is 0 Å². The van der Waals surface area contributed by atoms with E-state index in [2.05, 4.69) is 26.2 Å². The van der Waals surface area contributed by atoms with E-state index in [0.29, 0.717) is 5.76 Å². The second-order valence-electron chi connectivity index (χ2n) is 3.58. The lowest BCUT2D eigenvalue weighted by Crippen LogP contribution is -2.24. The van der Waals surface area contributed by atoms with Crippen molar-refractivity contribution in [1.82, 2.24) is 0 Å². The number of carbonyl (C=O) groups excluding carboxylic acids is 1. The van der Waals surface area contributed by atoms with Gasteiger partial charge >= 0.3 is 0 Å². The molecule has 0 saturated carbocycles. The molecule has 0 radical (unpaired) electrons. The van der Waals surface area contributed by atoms with Gasteiger partial charge in [-0.15, -0.1) is 0 Å². The van der Waals surface area contributed by atoms with E-state index in [0.717, 1.165) is 0 Å². The molecule has 0 spiro atoms. The van der Waals surface area contributed by atoms with Crippen LogP contribution in [-0.2, 0) is 9.22 Å². The van der Waals surface area contributed by atoms with Crippen LogP contribution in [0.4, 0.5) is 0 Å². The Balaban J connectivity index is 4.39. The Hall–Kier alpha value is -0.833. The van der Waals surface area contributed by atoms with E-state index in [9.17, 15) is 4.79 Å². The van der Waals surface area contributed by atoms with Crippen LogP contribution in [0.25, 0.3) is 0 Å². The van der Waals surface area contributed by atoms with Gasteiger partial charge in [-0.3, -0.25) is 4.79 Å². The topological polar surface area (TPSA) is 26.3 Å². The fourth-order valence-electron chi connectivity index (χ4n) is 0.684. The molecule has 0 amide bonds. The summed E-state index contributed by atoms with van der Waals surface area (Å²) < 4.78 is 5.56. The molecule has 0 aromatic heterocycles. The number of carbonyl (C=O) groups is 1. The first kappa shape index (κ1) is 11.2. The van der Waals surface area contributed by atoms with Gasteiger partial charge in [0.2, 0.25) is 8.32 Å². The van der Waals surface area contributed by atoms with Crippen LogP contribution in [0.3, 0.4) is 0 Å². The molecule has 0 aliphatic rings. The zero-order chi connectivity index (χ0) is 9.78. The van der Waals surface area contributed by atoms with Gasteiger partial charge in [-0.2, -0.15) is 0 Å². The van der Waals surface area contributed by atoms with E-state index < -0.39 is 8.32 Å². The number of allylic oxidation sites excluding steroid dienone is 2. The molecule has 0 saturated heterocycles. The van der Waals surface area contributed by atoms with Crippen LogP contribution < -0.4 is 0 Å². The monoisotopic (exact) mass is 184 g/mol. The van der Waals surface area contributed by atoms with Crippen molar-refractivity contribution in [2.45, 2.75) is 26.6 Å². The average molecular weight is 184 g/mol. The standard InChI is InChI=1S/C9H16O2Si/c1-6-9(7-8(2)10)11-12(3,4)5/h6-7H,1H2,2-5H3. The van der Waals surface area contributed by atoms with Gasteiger partial charge < -0.3 is 4.43 Å². The van der Waals surface area contributed by atoms with Crippen molar-refractivity contribution < 1.29 is 9.22 Å². The third kappa shape index (κ3) is 5.92. The molecule has 0 fully saturated rings. The van der Waals surface area contributed by atoms with Crippen molar-refractivity contribution in [3.63, 3.8) is 0 Å². The van der Waals surface area contributed by atoms with Gasteiger partial charge in [0.05, 0.1) is 0 Å². The molecular weight excluding hydrogens is 168 g/mol. The van der Waals surface area contributed by atoms with Crippen LogP contribution in [0.5, 0.6) is 0 Å². The third-order valence-corrected chi connectivity index (χ3v) is 1.82. The second kappa shape index (κ2) is 4.26. The highest BCUT2D eigenvalue weighted by molar-refractivity contribution is 6.70. The normalized spacial score (nSPS) is 12.5. The van der Waals surface area contributed by atoms with Gasteiger partial charge in [-0.1, -0.05) is 6.58 Å². The Kier molecular flexibility index (Phi) is 3.96. The maximum atomic E-state index is 10.7. The summed E-state index contributed by atoms with van der Waals surface area (Å²) in [4.78, 5) is 10.7. The highest BCUT2D eigenvalue weighted by Crippen LogP contribution is 2.10. The largest absolute Gasteiger partial charge is 0.544 e. The maximum Gasteiger partial charge on any atom is 0.242 e. The summed E-state index contributed by atoms with van der Waals surface area (Å²) >= 11 is 0. The molecule has 0 aromatic rings. The molecule has 0 aliphatic heterocycles. The zero-order valence-corrected chi connectivity index (χ0v) is 9.18. The first-order valence-electron chi connectivity index (χ1n) is 3.89. The Labute approximate surface area is 75.1 Å². The number of rotatable bonds is 4. The molecular formula is C9H16O2Si. The fourth-order valence-corrected chi connectivity index (χ4v) is 1.53. The number of ketones is 1. The van der Waals surface area contributed by atoms with Crippen molar-refractivity contribution >= 4 is 14.1 Å². The van der Waals surface area contributed by atoms with Gasteiger partial charge in [0.1, 0.15) is 5.76 Å². The van der Waals surface area contributed by atoms with E-state index in [1.807, 2.05) is 0 Å². The van der Waals surface area contributed by atoms with E-state index in [4.69, 9.17) is 4.43 Å². The third-order valence-electron chi connectivity index (χ3n) is 0.971. The predicted octanol–water partition coefficient (Wildman–Crippen LogP) is 2.50. The quantitative estimate of drug-likeness (QED) is 0.290. The van der Waals surface area contributed by atoms with Crippen LogP contribution >= 0.6 is 0 Å². The van der Waals surface area contributed by atoms with Crippen LogP contribution in [-0.4, -0.2) is 14.1 Å². The Morgan fingerprint density at radius 1 is 1.42 bits per heavy atom. The van der Waals surface area contributed by atoms with Crippen molar-refractivity contribution in [1.29, 1.82) is 0 Å². The SMILES string of the molecule is C=CC(=CC(C)=O)O[Si](C)(C)C. The van der Waals surface area contributed by atoms with Crippen LogP contribution in [0.1, 0.15) is 6.92 Å². The molecule has 0 heterocycles. The summed E-state index contributed by atoms with van der Waals surface area (Å²) in [5.41, 5.74) is 0. The van der Waals surface area contributed by atoms with Crippen molar-refractivity contribution in [2.24, 2.45) is 0 Å². The predicted molar refractivity (Wildman–Crippen MR) is 53.4 cm³/mol. The summed E-state index contributed by atoms with van der Waals surface area (Å²) in [6, 6.07) is 0. The zero-order valence-electron chi connectivity index (χ0n) is 8.18. The molecule has 0 unspecified atom stereocenters. The molecule has 0 rings (SSSR count). The molecule has 3 heteroatoms. The summed E-state index contributed by atoms with van der Waals surface area (Å²) in [7, 11) is -1.60. The minimum atomic E-state index is -1.60. The number of hydrogen-bond donors (Lipinski definition) is 0. The van der Waals surface area contributed by atoms with Crippen LogP contribution in [0.2, 0.25) is 19.6 Å². The summed E-state index contributed by atoms with van der Waals surface area (Å²) in [5, 5.41) is 0. The van der Waals surface area contributed by atoms with Gasteiger partial charge in [-0.05, 0) is 32.6 Å². The maximum absolute atomic E-state index is 10.7. The smallest absolute Gasteiger partial charge is 0.242 e. The van der Waals surface area contributed by atoms with Crippen LogP contribution in [0.15, 0.2) is 24.5 Å². The summed E-state index contributed by atoms with van der Waals surface area (Å²) in [6.45, 7) is 11.3. The molecule has 0 aromatic carbocycles.